The Bertz CT molecular complexity index is 413. The Morgan fingerprint density at radius 3 is 3.12 bits per heavy atom. The first-order valence-corrected chi connectivity index (χ1v) is 6.58. The molecular formula is C12H15FN2OS. The minimum Gasteiger partial charge on any atom is -0.325 e. The van der Waals surface area contributed by atoms with Gasteiger partial charge in [0.05, 0.1) is 5.75 Å². The van der Waals surface area contributed by atoms with E-state index in [1.54, 1.807) is 22.7 Å². The Hall–Kier alpha value is -1.07. The largest absolute Gasteiger partial charge is 0.325 e. The maximum atomic E-state index is 13.2. The minimum atomic E-state index is -0.254. The van der Waals surface area contributed by atoms with Crippen molar-refractivity contribution in [1.82, 2.24) is 10.2 Å². The second-order valence-electron chi connectivity index (χ2n) is 3.91. The second-order valence-corrected chi connectivity index (χ2v) is 4.98. The first-order chi connectivity index (χ1) is 8.22. The molecule has 0 aliphatic carbocycles. The van der Waals surface area contributed by atoms with Crippen LogP contribution < -0.4 is 5.32 Å². The number of amides is 1. The molecule has 0 spiro atoms. The fraction of sp³-hybridized carbons (Fsp3) is 0.417. The maximum Gasteiger partial charge on any atom is 0.233 e. The highest BCUT2D eigenvalue weighted by molar-refractivity contribution is 8.00. The van der Waals surface area contributed by atoms with E-state index in [0.717, 1.165) is 12.1 Å². The van der Waals surface area contributed by atoms with Crippen LogP contribution in [0.4, 0.5) is 4.39 Å². The summed E-state index contributed by atoms with van der Waals surface area (Å²) in [5.74, 6) is 0.348. The van der Waals surface area contributed by atoms with Crippen molar-refractivity contribution in [2.75, 3.05) is 25.9 Å². The van der Waals surface area contributed by atoms with E-state index in [4.69, 9.17) is 0 Å². The average molecular weight is 254 g/mol. The van der Waals surface area contributed by atoms with Crippen molar-refractivity contribution in [3.63, 3.8) is 0 Å². The number of carbonyl (C=O) groups is 1. The lowest BCUT2D eigenvalue weighted by Crippen LogP contribution is -2.34. The van der Waals surface area contributed by atoms with Gasteiger partial charge in [-0.05, 0) is 24.7 Å². The van der Waals surface area contributed by atoms with Gasteiger partial charge in [-0.2, -0.15) is 0 Å². The summed E-state index contributed by atoms with van der Waals surface area (Å²) in [6.07, 6.45) is 0. The van der Waals surface area contributed by atoms with E-state index >= 15 is 0 Å². The van der Waals surface area contributed by atoms with E-state index in [9.17, 15) is 9.18 Å². The summed E-state index contributed by atoms with van der Waals surface area (Å²) in [5, 5.41) is 2.97. The number of hydrogen-bond acceptors (Lipinski definition) is 3. The first-order valence-electron chi connectivity index (χ1n) is 5.53. The molecule has 0 radical (unpaired) electrons. The number of benzene rings is 1. The van der Waals surface area contributed by atoms with Crippen molar-refractivity contribution in [2.24, 2.45) is 0 Å². The number of hydrogen-bond donors (Lipinski definition) is 1. The second kappa shape index (κ2) is 5.51. The highest BCUT2D eigenvalue weighted by atomic mass is 32.2. The molecule has 17 heavy (non-hydrogen) atoms. The molecule has 2 rings (SSSR count). The summed E-state index contributed by atoms with van der Waals surface area (Å²) in [7, 11) is 1.85. The van der Waals surface area contributed by atoms with Gasteiger partial charge in [0.15, 0.2) is 0 Å². The molecular weight excluding hydrogens is 239 g/mol. The lowest BCUT2D eigenvalue weighted by molar-refractivity contribution is -0.128. The molecule has 1 unspecified atom stereocenters. The van der Waals surface area contributed by atoms with Crippen LogP contribution in [0.2, 0.25) is 0 Å². The van der Waals surface area contributed by atoms with Gasteiger partial charge in [-0.1, -0.05) is 12.1 Å². The average Bonchev–Trinajstić information content (AvgIpc) is 2.68. The van der Waals surface area contributed by atoms with Crippen LogP contribution in [0, 0.1) is 5.82 Å². The van der Waals surface area contributed by atoms with Gasteiger partial charge >= 0.3 is 0 Å². The molecule has 0 saturated carbocycles. The molecule has 1 aliphatic heterocycles. The quantitative estimate of drug-likeness (QED) is 0.886. The van der Waals surface area contributed by atoms with E-state index in [2.05, 4.69) is 5.32 Å². The van der Waals surface area contributed by atoms with Crippen molar-refractivity contribution in [2.45, 2.75) is 5.37 Å². The Morgan fingerprint density at radius 1 is 1.59 bits per heavy atom. The third-order valence-corrected chi connectivity index (χ3v) is 3.96. The Balaban J connectivity index is 2.16. The lowest BCUT2D eigenvalue weighted by Gasteiger charge is -2.24. The third kappa shape index (κ3) is 2.79. The van der Waals surface area contributed by atoms with Gasteiger partial charge < -0.3 is 10.2 Å². The van der Waals surface area contributed by atoms with Crippen molar-refractivity contribution in [3.8, 4) is 0 Å². The summed E-state index contributed by atoms with van der Waals surface area (Å²) in [6, 6.07) is 6.47. The number of nitrogens with one attached hydrogen (secondary N) is 1. The Morgan fingerprint density at radius 2 is 2.41 bits per heavy atom. The molecule has 1 saturated heterocycles. The first kappa shape index (κ1) is 12.4. The van der Waals surface area contributed by atoms with Gasteiger partial charge in [-0.25, -0.2) is 4.39 Å². The third-order valence-electron chi connectivity index (χ3n) is 2.70. The van der Waals surface area contributed by atoms with E-state index in [0.29, 0.717) is 12.3 Å². The van der Waals surface area contributed by atoms with Gasteiger partial charge in [-0.15, -0.1) is 11.8 Å². The zero-order valence-corrected chi connectivity index (χ0v) is 10.5. The normalized spacial score (nSPS) is 20.0. The molecule has 1 aliphatic rings. The molecule has 1 aromatic rings. The van der Waals surface area contributed by atoms with Gasteiger partial charge in [0.1, 0.15) is 11.2 Å². The van der Waals surface area contributed by atoms with E-state index < -0.39 is 0 Å². The standard InChI is InChI=1S/C12H15FN2OS/c1-14-5-6-15-11(16)8-17-12(15)9-3-2-4-10(13)7-9/h2-4,7,12,14H,5-6,8H2,1H3. The van der Waals surface area contributed by atoms with Crippen LogP contribution in [0.25, 0.3) is 0 Å². The minimum absolute atomic E-state index is 0.0495. The lowest BCUT2D eigenvalue weighted by atomic mass is 10.2. The van der Waals surface area contributed by atoms with Crippen LogP contribution in [-0.2, 0) is 4.79 Å². The number of likely N-dealkylation sites (N-methyl/N-ethyl adjacent to an activating group) is 1. The molecule has 1 amide bonds. The molecule has 3 nitrogen and oxygen atoms in total. The Kier molecular flexibility index (Phi) is 4.02. The molecule has 1 fully saturated rings. The van der Waals surface area contributed by atoms with Crippen molar-refractivity contribution >= 4 is 17.7 Å². The molecule has 5 heteroatoms. The molecule has 0 aromatic heterocycles. The summed E-state index contributed by atoms with van der Waals surface area (Å²) in [4.78, 5) is 13.5. The zero-order valence-electron chi connectivity index (χ0n) is 9.65. The van der Waals surface area contributed by atoms with Gasteiger partial charge in [0.2, 0.25) is 5.91 Å². The fourth-order valence-electron chi connectivity index (χ4n) is 1.86. The van der Waals surface area contributed by atoms with Gasteiger partial charge in [0, 0.05) is 13.1 Å². The summed E-state index contributed by atoms with van der Waals surface area (Å²) >= 11 is 1.55. The van der Waals surface area contributed by atoms with Gasteiger partial charge in [-0.3, -0.25) is 4.79 Å². The molecule has 1 aromatic carbocycles. The summed E-state index contributed by atoms with van der Waals surface area (Å²) in [6.45, 7) is 1.40. The Labute approximate surface area is 104 Å². The highest BCUT2D eigenvalue weighted by Gasteiger charge is 2.32. The zero-order chi connectivity index (χ0) is 12.3. The predicted molar refractivity (Wildman–Crippen MR) is 67.2 cm³/mol. The van der Waals surface area contributed by atoms with Crippen LogP contribution in [0.1, 0.15) is 10.9 Å². The topological polar surface area (TPSA) is 32.3 Å². The molecule has 1 heterocycles. The maximum absolute atomic E-state index is 13.2. The summed E-state index contributed by atoms with van der Waals surface area (Å²) in [5.41, 5.74) is 0.858. The van der Waals surface area contributed by atoms with Gasteiger partial charge in [0.25, 0.3) is 0 Å². The number of halogens is 1. The monoisotopic (exact) mass is 254 g/mol. The molecule has 92 valence electrons. The fourth-order valence-corrected chi connectivity index (χ4v) is 3.07. The highest BCUT2D eigenvalue weighted by Crippen LogP contribution is 2.38. The van der Waals surface area contributed by atoms with Crippen LogP contribution in [0.3, 0.4) is 0 Å². The van der Waals surface area contributed by atoms with Crippen molar-refractivity contribution in [1.29, 1.82) is 0 Å². The summed E-state index contributed by atoms with van der Waals surface area (Å²) < 4.78 is 13.2. The van der Waals surface area contributed by atoms with Crippen LogP contribution in [-0.4, -0.2) is 36.7 Å². The van der Waals surface area contributed by atoms with E-state index in [1.807, 2.05) is 13.1 Å². The molecule has 1 atom stereocenters. The van der Waals surface area contributed by atoms with Crippen molar-refractivity contribution < 1.29 is 9.18 Å². The van der Waals surface area contributed by atoms with Crippen LogP contribution >= 0.6 is 11.8 Å². The predicted octanol–water partition coefficient (Wildman–Crippen LogP) is 1.62. The number of thioether (sulfide) groups is 1. The molecule has 1 N–H and O–H groups in total. The number of carbonyl (C=O) groups excluding carboxylic acids is 1. The van der Waals surface area contributed by atoms with Crippen molar-refractivity contribution in [3.05, 3.63) is 35.6 Å². The van der Waals surface area contributed by atoms with Crippen LogP contribution in [0.5, 0.6) is 0 Å². The smallest absolute Gasteiger partial charge is 0.233 e. The van der Waals surface area contributed by atoms with Crippen LogP contribution in [0.15, 0.2) is 24.3 Å². The van der Waals surface area contributed by atoms with E-state index in [-0.39, 0.29) is 17.1 Å². The SMILES string of the molecule is CNCCN1C(=O)CSC1c1cccc(F)c1. The number of nitrogens with zero attached hydrogens (tertiary/aromatic N) is 1. The molecule has 0 bridgehead atoms. The van der Waals surface area contributed by atoms with E-state index in [1.165, 1.54) is 12.1 Å². The number of rotatable bonds is 4.